The van der Waals surface area contributed by atoms with E-state index in [9.17, 15) is 0 Å². The van der Waals surface area contributed by atoms with Crippen LogP contribution in [0, 0.1) is 5.92 Å². The summed E-state index contributed by atoms with van der Waals surface area (Å²) in [5.74, 6) is 1.25. The molecule has 0 saturated heterocycles. The third-order valence-electron chi connectivity index (χ3n) is 4.17. The fraction of sp³-hybridized carbons (Fsp3) is 0.500. The van der Waals surface area contributed by atoms with Crippen LogP contribution >= 0.6 is 11.6 Å². The van der Waals surface area contributed by atoms with E-state index in [0.717, 1.165) is 23.7 Å². The van der Waals surface area contributed by atoms with Gasteiger partial charge in [0, 0.05) is 0 Å². The van der Waals surface area contributed by atoms with Crippen molar-refractivity contribution >= 4 is 22.5 Å². The minimum absolute atomic E-state index is 0.252. The number of aromatic nitrogens is 2. The van der Waals surface area contributed by atoms with E-state index in [0.29, 0.717) is 11.8 Å². The van der Waals surface area contributed by atoms with Gasteiger partial charge in [-0.3, -0.25) is 0 Å². The van der Waals surface area contributed by atoms with Gasteiger partial charge in [0.1, 0.15) is 6.10 Å². The fourth-order valence-electron chi connectivity index (χ4n) is 3.05. The highest BCUT2D eigenvalue weighted by molar-refractivity contribution is 6.28. The molecule has 1 fully saturated rings. The highest BCUT2D eigenvalue weighted by Crippen LogP contribution is 2.32. The SMILES string of the molecule is CCC1CCCCC1Oc1nc(Cl)nc2ccccc12. The summed E-state index contributed by atoms with van der Waals surface area (Å²) in [5, 5.41) is 1.19. The number of hydrogen-bond acceptors (Lipinski definition) is 3. The maximum absolute atomic E-state index is 6.22. The number of rotatable bonds is 3. The molecule has 0 radical (unpaired) electrons. The molecule has 0 spiro atoms. The zero-order chi connectivity index (χ0) is 13.9. The molecular weight excluding hydrogens is 272 g/mol. The summed E-state index contributed by atoms with van der Waals surface area (Å²) in [7, 11) is 0. The molecular formula is C16H19ClN2O. The molecule has 2 unspecified atom stereocenters. The van der Waals surface area contributed by atoms with Crippen molar-refractivity contribution in [1.82, 2.24) is 9.97 Å². The first-order valence-electron chi connectivity index (χ1n) is 7.37. The number of benzene rings is 1. The van der Waals surface area contributed by atoms with Crippen LogP contribution in [0.1, 0.15) is 39.0 Å². The molecule has 0 amide bonds. The molecule has 0 aliphatic heterocycles. The molecule has 1 aromatic heterocycles. The lowest BCUT2D eigenvalue weighted by Gasteiger charge is -2.31. The second kappa shape index (κ2) is 5.96. The van der Waals surface area contributed by atoms with Crippen molar-refractivity contribution in [2.24, 2.45) is 5.92 Å². The highest BCUT2D eigenvalue weighted by atomic mass is 35.5. The Kier molecular flexibility index (Phi) is 4.06. The number of fused-ring (bicyclic) bond motifs is 1. The van der Waals surface area contributed by atoms with Gasteiger partial charge in [0.2, 0.25) is 11.2 Å². The maximum atomic E-state index is 6.22. The Morgan fingerprint density at radius 2 is 2.00 bits per heavy atom. The lowest BCUT2D eigenvalue weighted by molar-refractivity contribution is 0.0874. The van der Waals surface area contributed by atoms with Gasteiger partial charge in [-0.1, -0.05) is 25.5 Å². The minimum atomic E-state index is 0.252. The Morgan fingerprint density at radius 1 is 1.20 bits per heavy atom. The topological polar surface area (TPSA) is 35.0 Å². The molecule has 2 atom stereocenters. The monoisotopic (exact) mass is 290 g/mol. The van der Waals surface area contributed by atoms with Gasteiger partial charge in [0.25, 0.3) is 0 Å². The Morgan fingerprint density at radius 3 is 2.85 bits per heavy atom. The molecule has 106 valence electrons. The van der Waals surface area contributed by atoms with E-state index in [2.05, 4.69) is 16.9 Å². The molecule has 4 heteroatoms. The van der Waals surface area contributed by atoms with E-state index < -0.39 is 0 Å². The van der Waals surface area contributed by atoms with E-state index in [1.54, 1.807) is 0 Å². The zero-order valence-electron chi connectivity index (χ0n) is 11.7. The standard InChI is InChI=1S/C16H19ClN2O/c1-2-11-7-3-6-10-14(11)20-15-12-8-4-5-9-13(12)18-16(17)19-15/h4-5,8-9,11,14H,2-3,6-7,10H2,1H3. The Balaban J connectivity index is 1.93. The van der Waals surface area contributed by atoms with Crippen LogP contribution in [0.2, 0.25) is 5.28 Å². The summed E-state index contributed by atoms with van der Waals surface area (Å²) in [5.41, 5.74) is 0.839. The van der Waals surface area contributed by atoms with Gasteiger partial charge >= 0.3 is 0 Å². The van der Waals surface area contributed by atoms with E-state index in [1.807, 2.05) is 24.3 Å². The van der Waals surface area contributed by atoms with Crippen LogP contribution in [0.25, 0.3) is 10.9 Å². The number of ether oxygens (including phenoxy) is 1. The molecule has 0 N–H and O–H groups in total. The third-order valence-corrected chi connectivity index (χ3v) is 4.34. The summed E-state index contributed by atoms with van der Waals surface area (Å²) < 4.78 is 6.22. The first-order valence-corrected chi connectivity index (χ1v) is 7.74. The van der Waals surface area contributed by atoms with E-state index >= 15 is 0 Å². The Hall–Kier alpha value is -1.35. The summed E-state index contributed by atoms with van der Waals surface area (Å²) in [4.78, 5) is 8.54. The second-order valence-electron chi connectivity index (χ2n) is 5.42. The first kappa shape index (κ1) is 13.6. The van der Waals surface area contributed by atoms with E-state index in [1.165, 1.54) is 19.3 Å². The maximum Gasteiger partial charge on any atom is 0.226 e. The van der Waals surface area contributed by atoms with Gasteiger partial charge in [-0.15, -0.1) is 0 Å². The lowest BCUT2D eigenvalue weighted by Crippen LogP contribution is -2.30. The molecule has 0 bridgehead atoms. The molecule has 1 saturated carbocycles. The van der Waals surface area contributed by atoms with E-state index in [-0.39, 0.29) is 11.4 Å². The second-order valence-corrected chi connectivity index (χ2v) is 5.76. The van der Waals surface area contributed by atoms with Crippen molar-refractivity contribution in [2.75, 3.05) is 0 Å². The predicted molar refractivity (Wildman–Crippen MR) is 81.2 cm³/mol. The fourth-order valence-corrected chi connectivity index (χ4v) is 3.22. The van der Waals surface area contributed by atoms with Gasteiger partial charge in [0.15, 0.2) is 0 Å². The van der Waals surface area contributed by atoms with Crippen LogP contribution in [-0.2, 0) is 0 Å². The molecule has 1 aromatic carbocycles. The molecule has 2 aromatic rings. The van der Waals surface area contributed by atoms with Crippen LogP contribution in [0.5, 0.6) is 5.88 Å². The van der Waals surface area contributed by atoms with Gasteiger partial charge in [-0.25, -0.2) is 4.98 Å². The lowest BCUT2D eigenvalue weighted by atomic mass is 9.85. The average Bonchev–Trinajstić information content (AvgIpc) is 2.47. The average molecular weight is 291 g/mol. The molecule has 3 nitrogen and oxygen atoms in total. The van der Waals surface area contributed by atoms with Crippen molar-refractivity contribution in [3.05, 3.63) is 29.5 Å². The molecule has 20 heavy (non-hydrogen) atoms. The van der Waals surface area contributed by atoms with Crippen molar-refractivity contribution < 1.29 is 4.74 Å². The normalized spacial score (nSPS) is 22.9. The van der Waals surface area contributed by atoms with Crippen LogP contribution in [0.3, 0.4) is 0 Å². The van der Waals surface area contributed by atoms with E-state index in [4.69, 9.17) is 16.3 Å². The predicted octanol–water partition coefficient (Wildman–Crippen LogP) is 4.63. The Labute approximate surface area is 124 Å². The first-order chi connectivity index (χ1) is 9.78. The van der Waals surface area contributed by atoms with Crippen molar-refractivity contribution in [3.63, 3.8) is 0 Å². The summed E-state index contributed by atoms with van der Waals surface area (Å²) in [6.07, 6.45) is 6.30. The van der Waals surface area contributed by atoms with Gasteiger partial charge in [-0.2, -0.15) is 4.98 Å². The quantitative estimate of drug-likeness (QED) is 0.773. The van der Waals surface area contributed by atoms with Gasteiger partial charge in [0.05, 0.1) is 10.9 Å². The summed E-state index contributed by atoms with van der Waals surface area (Å²) in [6, 6.07) is 7.86. The number of hydrogen-bond donors (Lipinski definition) is 0. The molecule has 3 rings (SSSR count). The number of para-hydroxylation sites is 1. The van der Waals surface area contributed by atoms with Crippen molar-refractivity contribution in [1.29, 1.82) is 0 Å². The van der Waals surface area contributed by atoms with Crippen LogP contribution in [0.15, 0.2) is 24.3 Å². The highest BCUT2D eigenvalue weighted by Gasteiger charge is 2.26. The smallest absolute Gasteiger partial charge is 0.226 e. The third kappa shape index (κ3) is 2.73. The largest absolute Gasteiger partial charge is 0.474 e. The molecule has 1 aliphatic rings. The Bertz CT molecular complexity index is 602. The van der Waals surface area contributed by atoms with Crippen LogP contribution in [-0.4, -0.2) is 16.1 Å². The van der Waals surface area contributed by atoms with Crippen molar-refractivity contribution in [2.45, 2.75) is 45.1 Å². The summed E-state index contributed by atoms with van der Waals surface area (Å²) in [6.45, 7) is 2.23. The van der Waals surface area contributed by atoms with Gasteiger partial charge in [-0.05, 0) is 55.3 Å². The van der Waals surface area contributed by atoms with Crippen molar-refractivity contribution in [3.8, 4) is 5.88 Å². The van der Waals surface area contributed by atoms with Gasteiger partial charge < -0.3 is 4.74 Å². The number of nitrogens with zero attached hydrogens (tertiary/aromatic N) is 2. The minimum Gasteiger partial charge on any atom is -0.474 e. The zero-order valence-corrected chi connectivity index (χ0v) is 12.4. The van der Waals surface area contributed by atoms with Crippen LogP contribution < -0.4 is 4.74 Å². The van der Waals surface area contributed by atoms with Crippen LogP contribution in [0.4, 0.5) is 0 Å². The molecule has 1 aliphatic carbocycles. The molecule has 1 heterocycles. The summed E-state index contributed by atoms with van der Waals surface area (Å²) >= 11 is 6.01. The number of halogens is 1.